The highest BCUT2D eigenvalue weighted by atomic mass is 16.6. The van der Waals surface area contributed by atoms with Crippen molar-refractivity contribution in [1.82, 2.24) is 4.90 Å². The van der Waals surface area contributed by atoms with Gasteiger partial charge in [-0.05, 0) is 6.92 Å². The predicted octanol–water partition coefficient (Wildman–Crippen LogP) is 0.153. The second kappa shape index (κ2) is 3.92. The molecule has 1 unspecified atom stereocenters. The zero-order chi connectivity index (χ0) is 9.90. The first kappa shape index (κ1) is 10.3. The molecular weight excluding hydrogens is 170 g/mol. The number of hydrogen-bond acceptors (Lipinski definition) is 4. The lowest BCUT2D eigenvalue weighted by Gasteiger charge is -2.37. The Morgan fingerprint density at radius 2 is 2.46 bits per heavy atom. The van der Waals surface area contributed by atoms with E-state index in [1.807, 2.05) is 19.9 Å². The van der Waals surface area contributed by atoms with Crippen LogP contribution < -0.4 is 0 Å². The Bertz CT molecular complexity index is 235. The van der Waals surface area contributed by atoms with Gasteiger partial charge in [0.25, 0.3) is 0 Å². The number of carbonyl (C=O) groups excluding carboxylic acids is 1. The molecule has 0 bridgehead atoms. The van der Waals surface area contributed by atoms with E-state index in [0.717, 1.165) is 0 Å². The molecule has 1 atom stereocenters. The van der Waals surface area contributed by atoms with Crippen LogP contribution in [0.25, 0.3) is 0 Å². The average Bonchev–Trinajstić information content (AvgIpc) is 2.10. The summed E-state index contributed by atoms with van der Waals surface area (Å²) >= 11 is 0. The smallest absolute Gasteiger partial charge is 0.173 e. The summed E-state index contributed by atoms with van der Waals surface area (Å²) in [6.45, 7) is 2.90. The maximum atomic E-state index is 10.5. The zero-order valence-corrected chi connectivity index (χ0v) is 8.04. The molecule has 4 heteroatoms. The van der Waals surface area contributed by atoms with Crippen molar-refractivity contribution in [1.29, 1.82) is 0 Å². The van der Waals surface area contributed by atoms with Gasteiger partial charge in [0.05, 0.1) is 6.42 Å². The predicted molar refractivity (Wildman–Crippen MR) is 47.6 cm³/mol. The maximum Gasteiger partial charge on any atom is 0.173 e. The van der Waals surface area contributed by atoms with E-state index in [1.165, 1.54) is 0 Å². The molecule has 0 aromatic carbocycles. The summed E-state index contributed by atoms with van der Waals surface area (Å²) in [5.41, 5.74) is 0.474. The molecule has 1 heterocycles. The zero-order valence-electron chi connectivity index (χ0n) is 8.04. The number of hydrogen-bond donors (Lipinski definition) is 1. The van der Waals surface area contributed by atoms with Gasteiger partial charge in [-0.25, -0.2) is 4.79 Å². The van der Waals surface area contributed by atoms with E-state index < -0.39 is 5.79 Å². The summed E-state index contributed by atoms with van der Waals surface area (Å²) in [4.78, 5) is 12.3. The van der Waals surface area contributed by atoms with Crippen molar-refractivity contribution in [3.05, 3.63) is 5.70 Å². The molecular formula is C9H15NO3. The van der Waals surface area contributed by atoms with Crippen molar-refractivity contribution in [2.75, 3.05) is 20.2 Å². The lowest BCUT2D eigenvalue weighted by Crippen LogP contribution is -2.43. The van der Waals surface area contributed by atoms with E-state index in [9.17, 15) is 9.90 Å². The third kappa shape index (κ3) is 2.31. The third-order valence-corrected chi connectivity index (χ3v) is 2.27. The minimum Gasteiger partial charge on any atom is -0.369 e. The van der Waals surface area contributed by atoms with E-state index in [0.29, 0.717) is 25.3 Å². The Labute approximate surface area is 77.8 Å². The molecule has 0 aromatic rings. The standard InChI is InChI=1S/C9H15NO3/c1-3-13-9(12)4-5-10(2)8(6-9)7-11/h12H,3-6H2,1-2H3. The molecule has 13 heavy (non-hydrogen) atoms. The lowest BCUT2D eigenvalue weighted by atomic mass is 10.0. The van der Waals surface area contributed by atoms with Crippen molar-refractivity contribution in [2.24, 2.45) is 0 Å². The van der Waals surface area contributed by atoms with Crippen molar-refractivity contribution in [2.45, 2.75) is 25.6 Å². The Morgan fingerprint density at radius 1 is 1.77 bits per heavy atom. The van der Waals surface area contributed by atoms with E-state index in [-0.39, 0.29) is 6.42 Å². The summed E-state index contributed by atoms with van der Waals surface area (Å²) in [6.07, 6.45) is 0.767. The Morgan fingerprint density at radius 3 is 3.00 bits per heavy atom. The third-order valence-electron chi connectivity index (χ3n) is 2.27. The van der Waals surface area contributed by atoms with E-state index in [1.54, 1.807) is 4.90 Å². The topological polar surface area (TPSA) is 49.8 Å². The van der Waals surface area contributed by atoms with Crippen LogP contribution in [0.5, 0.6) is 0 Å². The van der Waals surface area contributed by atoms with Crippen LogP contribution in [0.2, 0.25) is 0 Å². The second-order valence-corrected chi connectivity index (χ2v) is 3.28. The van der Waals surface area contributed by atoms with Gasteiger partial charge >= 0.3 is 0 Å². The molecule has 1 saturated heterocycles. The van der Waals surface area contributed by atoms with E-state index in [2.05, 4.69) is 0 Å². The van der Waals surface area contributed by atoms with Gasteiger partial charge in [-0.3, -0.25) is 0 Å². The number of rotatable bonds is 2. The van der Waals surface area contributed by atoms with E-state index in [4.69, 9.17) is 4.74 Å². The van der Waals surface area contributed by atoms with Gasteiger partial charge in [-0.1, -0.05) is 0 Å². The quantitative estimate of drug-likeness (QED) is 0.491. The molecule has 1 fully saturated rings. The van der Waals surface area contributed by atoms with Crippen LogP contribution >= 0.6 is 0 Å². The number of likely N-dealkylation sites (tertiary alicyclic amines) is 1. The van der Waals surface area contributed by atoms with Crippen molar-refractivity contribution < 1.29 is 14.6 Å². The average molecular weight is 185 g/mol. The minimum atomic E-state index is -1.16. The molecule has 1 N–H and O–H groups in total. The largest absolute Gasteiger partial charge is 0.369 e. The van der Waals surface area contributed by atoms with Crippen LogP contribution in [0.15, 0.2) is 5.70 Å². The SMILES string of the molecule is CCOC1(O)CCN(C)C(=C=O)C1. The number of ether oxygens (including phenoxy) is 1. The molecule has 74 valence electrons. The van der Waals surface area contributed by atoms with Crippen LogP contribution in [0, 0.1) is 0 Å². The molecule has 4 nitrogen and oxygen atoms in total. The van der Waals surface area contributed by atoms with Gasteiger partial charge in [-0.2, -0.15) is 0 Å². The molecule has 0 amide bonds. The normalized spacial score (nSPS) is 28.8. The van der Waals surface area contributed by atoms with Crippen LogP contribution in [0.3, 0.4) is 0 Å². The number of aliphatic hydroxyl groups is 1. The fraction of sp³-hybridized carbons (Fsp3) is 0.778. The monoisotopic (exact) mass is 185 g/mol. The van der Waals surface area contributed by atoms with Gasteiger partial charge in [-0.15, -0.1) is 0 Å². The maximum absolute atomic E-state index is 10.5. The van der Waals surface area contributed by atoms with Crippen molar-refractivity contribution >= 4 is 5.94 Å². The van der Waals surface area contributed by atoms with Gasteiger partial charge in [0.15, 0.2) is 5.79 Å². The van der Waals surface area contributed by atoms with Crippen LogP contribution in [-0.4, -0.2) is 41.9 Å². The summed E-state index contributed by atoms with van der Waals surface area (Å²) in [7, 11) is 1.81. The first-order valence-corrected chi connectivity index (χ1v) is 4.43. The first-order chi connectivity index (χ1) is 6.11. The summed E-state index contributed by atoms with van der Waals surface area (Å²) in [6, 6.07) is 0. The fourth-order valence-electron chi connectivity index (χ4n) is 1.47. The van der Waals surface area contributed by atoms with Crippen LogP contribution in [-0.2, 0) is 9.53 Å². The highest BCUT2D eigenvalue weighted by Gasteiger charge is 2.34. The Kier molecular flexibility index (Phi) is 3.09. The highest BCUT2D eigenvalue weighted by Crippen LogP contribution is 2.27. The minimum absolute atomic E-state index is 0.237. The molecule has 0 saturated carbocycles. The lowest BCUT2D eigenvalue weighted by molar-refractivity contribution is -0.214. The molecule has 0 spiro atoms. The van der Waals surface area contributed by atoms with Gasteiger partial charge in [0.1, 0.15) is 11.6 Å². The van der Waals surface area contributed by atoms with Crippen molar-refractivity contribution in [3.63, 3.8) is 0 Å². The molecule has 1 rings (SSSR count). The molecule has 0 aromatic heterocycles. The highest BCUT2D eigenvalue weighted by molar-refractivity contribution is 5.52. The fourth-order valence-corrected chi connectivity index (χ4v) is 1.47. The first-order valence-electron chi connectivity index (χ1n) is 4.43. The molecule has 0 aliphatic carbocycles. The number of piperidine rings is 1. The van der Waals surface area contributed by atoms with Crippen molar-refractivity contribution in [3.8, 4) is 0 Å². The molecule has 1 aliphatic heterocycles. The van der Waals surface area contributed by atoms with Gasteiger partial charge in [0, 0.05) is 26.6 Å². The summed E-state index contributed by atoms with van der Waals surface area (Å²) in [5, 5.41) is 9.84. The van der Waals surface area contributed by atoms with Gasteiger partial charge < -0.3 is 14.7 Å². The summed E-state index contributed by atoms with van der Waals surface area (Å²) in [5.74, 6) is 0.661. The molecule has 1 aliphatic rings. The molecule has 0 radical (unpaired) electrons. The van der Waals surface area contributed by atoms with E-state index >= 15 is 0 Å². The number of nitrogens with zero attached hydrogens (tertiary/aromatic N) is 1. The van der Waals surface area contributed by atoms with Gasteiger partial charge in [0.2, 0.25) is 0 Å². The Balaban J connectivity index is 2.69. The van der Waals surface area contributed by atoms with Crippen LogP contribution in [0.1, 0.15) is 19.8 Å². The summed E-state index contributed by atoms with van der Waals surface area (Å²) < 4.78 is 5.18. The second-order valence-electron chi connectivity index (χ2n) is 3.28. The van der Waals surface area contributed by atoms with Crippen LogP contribution in [0.4, 0.5) is 0 Å². The Hall–Kier alpha value is -0.830.